The van der Waals surface area contributed by atoms with E-state index in [0.29, 0.717) is 0 Å². The van der Waals surface area contributed by atoms with E-state index in [1.54, 1.807) is 6.07 Å². The molecule has 0 saturated heterocycles. The van der Waals surface area contributed by atoms with Crippen LogP contribution >= 0.6 is 0 Å². The van der Waals surface area contributed by atoms with E-state index in [1.165, 1.54) is 11.6 Å². The summed E-state index contributed by atoms with van der Waals surface area (Å²) in [6, 6.07) is 11.1. The van der Waals surface area contributed by atoms with Crippen LogP contribution < -0.4 is 0 Å². The summed E-state index contributed by atoms with van der Waals surface area (Å²) < 4.78 is 12.9. The van der Waals surface area contributed by atoms with Gasteiger partial charge < -0.3 is 0 Å². The van der Waals surface area contributed by atoms with Gasteiger partial charge in [-0.05, 0) is 34.9 Å². The molecule has 0 aromatic heterocycles. The fraction of sp³-hybridized carbons (Fsp3) is 0.231. The molecule has 0 bridgehead atoms. The maximum atomic E-state index is 12.9. The van der Waals surface area contributed by atoms with Gasteiger partial charge in [0.05, 0.1) is 0 Å². The smallest absolute Gasteiger partial charge is 0.123 e. The minimum atomic E-state index is -0.166. The van der Waals surface area contributed by atoms with Crippen LogP contribution in [0.2, 0.25) is 0 Å². The molecule has 0 N–H and O–H groups in total. The number of halogens is 1. The van der Waals surface area contributed by atoms with Crippen LogP contribution in [0.25, 0.3) is 10.8 Å². The van der Waals surface area contributed by atoms with Gasteiger partial charge in [-0.2, -0.15) is 0 Å². The van der Waals surface area contributed by atoms with Gasteiger partial charge in [0, 0.05) is 0 Å². The molecule has 2 rings (SSSR count). The van der Waals surface area contributed by atoms with E-state index in [2.05, 4.69) is 19.1 Å². The van der Waals surface area contributed by atoms with E-state index in [1.807, 2.05) is 12.1 Å². The number of aryl methyl sites for hydroxylation is 1. The number of hydrogen-bond donors (Lipinski definition) is 0. The van der Waals surface area contributed by atoms with Crippen LogP contribution in [0.5, 0.6) is 0 Å². The van der Waals surface area contributed by atoms with Gasteiger partial charge in [-0.15, -0.1) is 0 Å². The first-order valence-electron chi connectivity index (χ1n) is 4.98. The van der Waals surface area contributed by atoms with Gasteiger partial charge in [0.2, 0.25) is 0 Å². The summed E-state index contributed by atoms with van der Waals surface area (Å²) in [4.78, 5) is 0. The molecule has 0 aliphatic carbocycles. The first-order valence-corrected chi connectivity index (χ1v) is 4.98. The summed E-state index contributed by atoms with van der Waals surface area (Å²) in [7, 11) is 0. The molecule has 0 atom stereocenters. The quantitative estimate of drug-likeness (QED) is 0.669. The van der Waals surface area contributed by atoms with Crippen molar-refractivity contribution in [3.8, 4) is 0 Å². The zero-order valence-electron chi connectivity index (χ0n) is 8.26. The van der Waals surface area contributed by atoms with Crippen molar-refractivity contribution < 1.29 is 4.39 Å². The van der Waals surface area contributed by atoms with E-state index < -0.39 is 0 Å². The standard InChI is InChI=1S/C13H13F/c1-2-3-10-4-5-12-9-13(14)7-6-11(12)8-10/h4-9H,2-3H2,1H3. The zero-order valence-corrected chi connectivity index (χ0v) is 8.26. The Morgan fingerprint density at radius 3 is 2.50 bits per heavy atom. The van der Waals surface area contributed by atoms with Gasteiger partial charge in [0.25, 0.3) is 0 Å². The third kappa shape index (κ3) is 1.77. The van der Waals surface area contributed by atoms with Crippen molar-refractivity contribution in [1.82, 2.24) is 0 Å². The summed E-state index contributed by atoms with van der Waals surface area (Å²) >= 11 is 0. The predicted octanol–water partition coefficient (Wildman–Crippen LogP) is 3.93. The zero-order chi connectivity index (χ0) is 9.97. The third-order valence-electron chi connectivity index (χ3n) is 2.41. The average molecular weight is 188 g/mol. The van der Waals surface area contributed by atoms with Gasteiger partial charge in [-0.1, -0.05) is 37.6 Å². The van der Waals surface area contributed by atoms with Crippen molar-refractivity contribution in [3.63, 3.8) is 0 Å². The topological polar surface area (TPSA) is 0 Å². The molecular weight excluding hydrogens is 175 g/mol. The van der Waals surface area contributed by atoms with Crippen LogP contribution in [0, 0.1) is 5.82 Å². The lowest BCUT2D eigenvalue weighted by Crippen LogP contribution is -1.83. The second kappa shape index (κ2) is 3.79. The fourth-order valence-corrected chi connectivity index (χ4v) is 1.71. The van der Waals surface area contributed by atoms with E-state index >= 15 is 0 Å². The van der Waals surface area contributed by atoms with Crippen molar-refractivity contribution in [3.05, 3.63) is 47.8 Å². The van der Waals surface area contributed by atoms with Gasteiger partial charge in [0.15, 0.2) is 0 Å². The lowest BCUT2D eigenvalue weighted by Gasteiger charge is -2.02. The summed E-state index contributed by atoms with van der Waals surface area (Å²) in [5.74, 6) is -0.166. The van der Waals surface area contributed by atoms with Crippen molar-refractivity contribution in [1.29, 1.82) is 0 Å². The largest absolute Gasteiger partial charge is 0.207 e. The first-order chi connectivity index (χ1) is 6.79. The molecule has 0 radical (unpaired) electrons. The number of benzene rings is 2. The van der Waals surface area contributed by atoms with E-state index in [9.17, 15) is 4.39 Å². The Balaban J connectivity index is 2.50. The Hall–Kier alpha value is -1.37. The summed E-state index contributed by atoms with van der Waals surface area (Å²) in [6.45, 7) is 2.16. The number of hydrogen-bond acceptors (Lipinski definition) is 0. The van der Waals surface area contributed by atoms with Crippen LogP contribution in [-0.2, 0) is 6.42 Å². The van der Waals surface area contributed by atoms with Gasteiger partial charge >= 0.3 is 0 Å². The Morgan fingerprint density at radius 1 is 1.00 bits per heavy atom. The minimum absolute atomic E-state index is 0.166. The van der Waals surface area contributed by atoms with Crippen LogP contribution in [-0.4, -0.2) is 0 Å². The molecule has 0 amide bonds. The molecule has 14 heavy (non-hydrogen) atoms. The minimum Gasteiger partial charge on any atom is -0.207 e. The molecule has 0 aliphatic heterocycles. The maximum Gasteiger partial charge on any atom is 0.123 e. The molecule has 0 heterocycles. The summed E-state index contributed by atoms with van der Waals surface area (Å²) in [6.07, 6.45) is 2.24. The molecule has 0 fully saturated rings. The SMILES string of the molecule is CCCc1ccc2cc(F)ccc2c1. The molecule has 2 aromatic carbocycles. The van der Waals surface area contributed by atoms with Gasteiger partial charge in [-0.3, -0.25) is 0 Å². The Morgan fingerprint density at radius 2 is 1.71 bits per heavy atom. The summed E-state index contributed by atoms with van der Waals surface area (Å²) in [5, 5.41) is 2.10. The van der Waals surface area contributed by atoms with Gasteiger partial charge in [0.1, 0.15) is 5.82 Å². The highest BCUT2D eigenvalue weighted by Crippen LogP contribution is 2.18. The van der Waals surface area contributed by atoms with Crippen LogP contribution in [0.3, 0.4) is 0 Å². The molecule has 1 heteroatoms. The lowest BCUT2D eigenvalue weighted by atomic mass is 10.0. The van der Waals surface area contributed by atoms with Gasteiger partial charge in [-0.25, -0.2) is 4.39 Å². The maximum absolute atomic E-state index is 12.9. The second-order valence-electron chi connectivity index (χ2n) is 3.58. The van der Waals surface area contributed by atoms with Crippen LogP contribution in [0.1, 0.15) is 18.9 Å². The first kappa shape index (κ1) is 9.20. The van der Waals surface area contributed by atoms with E-state index in [4.69, 9.17) is 0 Å². The monoisotopic (exact) mass is 188 g/mol. The Labute approximate surface area is 83.4 Å². The molecule has 0 nitrogen and oxygen atoms in total. The highest BCUT2D eigenvalue weighted by atomic mass is 19.1. The highest BCUT2D eigenvalue weighted by Gasteiger charge is 1.97. The molecule has 2 aromatic rings. The molecule has 0 unspecified atom stereocenters. The number of rotatable bonds is 2. The lowest BCUT2D eigenvalue weighted by molar-refractivity contribution is 0.630. The summed E-state index contributed by atoms with van der Waals surface area (Å²) in [5.41, 5.74) is 1.33. The van der Waals surface area contributed by atoms with Crippen LogP contribution in [0.4, 0.5) is 4.39 Å². The predicted molar refractivity (Wildman–Crippen MR) is 57.9 cm³/mol. The average Bonchev–Trinajstić information content (AvgIpc) is 2.19. The Bertz CT molecular complexity index is 446. The molecular formula is C13H13F. The second-order valence-corrected chi connectivity index (χ2v) is 3.58. The van der Waals surface area contributed by atoms with Crippen LogP contribution in [0.15, 0.2) is 36.4 Å². The van der Waals surface area contributed by atoms with E-state index in [0.717, 1.165) is 23.6 Å². The van der Waals surface area contributed by atoms with E-state index in [-0.39, 0.29) is 5.82 Å². The molecule has 0 saturated carbocycles. The number of fused-ring (bicyclic) bond motifs is 1. The van der Waals surface area contributed by atoms with Crippen molar-refractivity contribution >= 4 is 10.8 Å². The molecule has 72 valence electrons. The highest BCUT2D eigenvalue weighted by molar-refractivity contribution is 5.83. The normalized spacial score (nSPS) is 10.7. The molecule has 0 aliphatic rings. The Kier molecular flexibility index (Phi) is 2.49. The third-order valence-corrected chi connectivity index (χ3v) is 2.41. The molecule has 0 spiro atoms. The van der Waals surface area contributed by atoms with Crippen molar-refractivity contribution in [2.24, 2.45) is 0 Å². The van der Waals surface area contributed by atoms with Crippen molar-refractivity contribution in [2.75, 3.05) is 0 Å². The van der Waals surface area contributed by atoms with Crippen molar-refractivity contribution in [2.45, 2.75) is 19.8 Å². The fourth-order valence-electron chi connectivity index (χ4n) is 1.71.